The molecule has 0 N–H and O–H groups in total. The van der Waals surface area contributed by atoms with Gasteiger partial charge in [-0.3, -0.25) is 19.3 Å². The average Bonchev–Trinajstić information content (AvgIpc) is 3.00. The average molecular weight is 390 g/mol. The fraction of sp³-hybridized carbons (Fsp3) is 0.375. The van der Waals surface area contributed by atoms with Gasteiger partial charge in [0.2, 0.25) is 17.7 Å². The summed E-state index contributed by atoms with van der Waals surface area (Å²) in [7, 11) is 0. The summed E-state index contributed by atoms with van der Waals surface area (Å²) < 4.78 is 0. The van der Waals surface area contributed by atoms with Gasteiger partial charge in [-0.25, -0.2) is 0 Å². The van der Waals surface area contributed by atoms with Crippen molar-refractivity contribution in [3.63, 3.8) is 0 Å². The van der Waals surface area contributed by atoms with Gasteiger partial charge in [-0.05, 0) is 37.5 Å². The van der Waals surface area contributed by atoms with Gasteiger partial charge in [-0.15, -0.1) is 0 Å². The molecule has 0 radical (unpaired) electrons. The number of anilines is 1. The summed E-state index contributed by atoms with van der Waals surface area (Å²) in [5.74, 6) is -0.748. The third-order valence-corrected chi connectivity index (χ3v) is 6.24. The third kappa shape index (κ3) is 3.15. The van der Waals surface area contributed by atoms with Crippen LogP contribution in [0.1, 0.15) is 51.2 Å². The molecule has 0 aliphatic carbocycles. The summed E-state index contributed by atoms with van der Waals surface area (Å²) in [4.78, 5) is 40.3. The van der Waals surface area contributed by atoms with E-state index in [1.807, 2.05) is 36.4 Å². The predicted molar refractivity (Wildman–Crippen MR) is 111 cm³/mol. The maximum absolute atomic E-state index is 13.4. The molecule has 1 fully saturated rings. The standard InChI is InChI=1S/C24H26N2O3/c1-23(2)16-24(3,17-9-5-4-6-10-17)18-11-7-8-12-19(18)26(23)22(29)15-25-20(27)13-14-21(25)28/h4-12H,13-16H2,1-3H3. The van der Waals surface area contributed by atoms with Crippen molar-refractivity contribution in [2.75, 3.05) is 11.4 Å². The number of imide groups is 1. The van der Waals surface area contributed by atoms with Gasteiger partial charge in [-0.2, -0.15) is 0 Å². The molecule has 0 saturated carbocycles. The minimum atomic E-state index is -0.484. The topological polar surface area (TPSA) is 57.7 Å². The van der Waals surface area contributed by atoms with Crippen LogP contribution < -0.4 is 4.90 Å². The van der Waals surface area contributed by atoms with Gasteiger partial charge in [0.15, 0.2) is 0 Å². The second-order valence-electron chi connectivity index (χ2n) is 8.81. The van der Waals surface area contributed by atoms with E-state index < -0.39 is 5.54 Å². The Morgan fingerprint density at radius 1 is 0.897 bits per heavy atom. The van der Waals surface area contributed by atoms with E-state index in [4.69, 9.17) is 0 Å². The van der Waals surface area contributed by atoms with Crippen molar-refractivity contribution in [2.45, 2.75) is 51.0 Å². The Balaban J connectivity index is 1.77. The number of likely N-dealkylation sites (tertiary alicyclic amines) is 1. The maximum atomic E-state index is 13.4. The Labute approximate surface area is 171 Å². The van der Waals surface area contributed by atoms with Crippen molar-refractivity contribution in [3.05, 3.63) is 65.7 Å². The molecule has 2 aliphatic rings. The van der Waals surface area contributed by atoms with E-state index in [-0.39, 0.29) is 42.5 Å². The summed E-state index contributed by atoms with van der Waals surface area (Å²) in [6.07, 6.45) is 1.12. The van der Waals surface area contributed by atoms with E-state index in [9.17, 15) is 14.4 Å². The molecular weight excluding hydrogens is 364 g/mol. The van der Waals surface area contributed by atoms with Crippen LogP contribution in [0.3, 0.4) is 0 Å². The molecule has 2 aliphatic heterocycles. The monoisotopic (exact) mass is 390 g/mol. The molecule has 0 aromatic heterocycles. The van der Waals surface area contributed by atoms with Crippen LogP contribution in [0.15, 0.2) is 54.6 Å². The van der Waals surface area contributed by atoms with E-state index in [2.05, 4.69) is 39.0 Å². The van der Waals surface area contributed by atoms with E-state index in [1.165, 1.54) is 5.56 Å². The summed E-state index contributed by atoms with van der Waals surface area (Å²) in [5.41, 5.74) is 2.40. The number of hydrogen-bond donors (Lipinski definition) is 0. The van der Waals surface area contributed by atoms with Crippen molar-refractivity contribution in [1.82, 2.24) is 4.90 Å². The first kappa shape index (κ1) is 19.4. The van der Waals surface area contributed by atoms with E-state index >= 15 is 0 Å². The Morgan fingerprint density at radius 2 is 1.48 bits per heavy atom. The Hall–Kier alpha value is -2.95. The van der Waals surface area contributed by atoms with Gasteiger partial charge in [0.1, 0.15) is 6.54 Å². The summed E-state index contributed by atoms with van der Waals surface area (Å²) in [6.45, 7) is 6.13. The fourth-order valence-electron chi connectivity index (χ4n) is 5.04. The summed E-state index contributed by atoms with van der Waals surface area (Å²) >= 11 is 0. The van der Waals surface area contributed by atoms with Gasteiger partial charge in [0, 0.05) is 29.5 Å². The second kappa shape index (κ2) is 6.83. The Bertz CT molecular complexity index is 967. The molecule has 2 aromatic rings. The quantitative estimate of drug-likeness (QED) is 0.752. The number of rotatable bonds is 3. The van der Waals surface area contributed by atoms with E-state index in [0.29, 0.717) is 0 Å². The summed E-state index contributed by atoms with van der Waals surface area (Å²) in [6, 6.07) is 18.3. The number of carbonyl (C=O) groups is 3. The van der Waals surface area contributed by atoms with Crippen LogP contribution in [-0.2, 0) is 19.8 Å². The SMILES string of the molecule is CC1(c2ccccc2)CC(C)(C)N(C(=O)CN2C(=O)CCC2=O)c2ccccc21. The summed E-state index contributed by atoms with van der Waals surface area (Å²) in [5, 5.41) is 0. The van der Waals surface area contributed by atoms with Crippen LogP contribution in [0, 0.1) is 0 Å². The molecular formula is C24H26N2O3. The first-order chi connectivity index (χ1) is 13.7. The molecule has 1 saturated heterocycles. The van der Waals surface area contributed by atoms with Crippen LogP contribution >= 0.6 is 0 Å². The normalized spacial score (nSPS) is 23.3. The zero-order chi connectivity index (χ0) is 20.8. The van der Waals surface area contributed by atoms with E-state index in [1.54, 1.807) is 4.90 Å². The predicted octanol–water partition coefficient (Wildman–Crippen LogP) is 3.66. The highest BCUT2D eigenvalue weighted by Gasteiger charge is 2.48. The molecule has 0 spiro atoms. The third-order valence-electron chi connectivity index (χ3n) is 6.24. The second-order valence-corrected chi connectivity index (χ2v) is 8.81. The largest absolute Gasteiger partial charge is 0.305 e. The van der Waals surface area contributed by atoms with Crippen molar-refractivity contribution in [1.29, 1.82) is 0 Å². The van der Waals surface area contributed by atoms with Gasteiger partial charge in [-0.1, -0.05) is 55.5 Å². The van der Waals surface area contributed by atoms with Crippen molar-refractivity contribution in [3.8, 4) is 0 Å². The molecule has 1 atom stereocenters. The maximum Gasteiger partial charge on any atom is 0.247 e. The highest BCUT2D eigenvalue weighted by atomic mass is 16.2. The molecule has 5 nitrogen and oxygen atoms in total. The lowest BCUT2D eigenvalue weighted by molar-refractivity contribution is -0.142. The zero-order valence-electron chi connectivity index (χ0n) is 17.1. The number of benzene rings is 2. The molecule has 0 bridgehead atoms. The molecule has 5 heteroatoms. The van der Waals surface area contributed by atoms with E-state index in [0.717, 1.165) is 22.6 Å². The lowest BCUT2D eigenvalue weighted by atomic mass is 9.65. The number of para-hydroxylation sites is 1. The number of hydrogen-bond acceptors (Lipinski definition) is 3. The molecule has 3 amide bonds. The lowest BCUT2D eigenvalue weighted by Gasteiger charge is -2.51. The van der Waals surface area contributed by atoms with Gasteiger partial charge in [0.25, 0.3) is 0 Å². The number of carbonyl (C=O) groups excluding carboxylic acids is 3. The molecule has 1 unspecified atom stereocenters. The fourth-order valence-corrected chi connectivity index (χ4v) is 5.04. The Kier molecular flexibility index (Phi) is 4.56. The van der Waals surface area contributed by atoms with Crippen molar-refractivity contribution >= 4 is 23.4 Å². The zero-order valence-corrected chi connectivity index (χ0v) is 17.1. The molecule has 2 aromatic carbocycles. The van der Waals surface area contributed by atoms with Crippen LogP contribution in [0.25, 0.3) is 0 Å². The molecule has 150 valence electrons. The Morgan fingerprint density at radius 3 is 2.14 bits per heavy atom. The first-order valence-corrected chi connectivity index (χ1v) is 10.1. The smallest absolute Gasteiger partial charge is 0.247 e. The van der Waals surface area contributed by atoms with Crippen LogP contribution in [0.4, 0.5) is 5.69 Å². The number of amides is 3. The van der Waals surface area contributed by atoms with Crippen molar-refractivity contribution in [2.24, 2.45) is 0 Å². The lowest BCUT2D eigenvalue weighted by Crippen LogP contribution is -2.58. The van der Waals surface area contributed by atoms with Gasteiger partial charge < -0.3 is 4.90 Å². The highest BCUT2D eigenvalue weighted by Crippen LogP contribution is 2.50. The van der Waals surface area contributed by atoms with Gasteiger partial charge >= 0.3 is 0 Å². The number of nitrogens with zero attached hydrogens (tertiary/aromatic N) is 2. The van der Waals surface area contributed by atoms with Crippen LogP contribution in [0.2, 0.25) is 0 Å². The van der Waals surface area contributed by atoms with Crippen molar-refractivity contribution < 1.29 is 14.4 Å². The minimum Gasteiger partial charge on any atom is -0.305 e. The molecule has 29 heavy (non-hydrogen) atoms. The first-order valence-electron chi connectivity index (χ1n) is 10.1. The van der Waals surface area contributed by atoms with Crippen LogP contribution in [0.5, 0.6) is 0 Å². The highest BCUT2D eigenvalue weighted by molar-refractivity contribution is 6.07. The minimum absolute atomic E-state index is 0.193. The number of fused-ring (bicyclic) bond motifs is 1. The van der Waals surface area contributed by atoms with Gasteiger partial charge in [0.05, 0.1) is 0 Å². The molecule has 4 rings (SSSR count). The van der Waals surface area contributed by atoms with Crippen LogP contribution in [-0.4, -0.2) is 34.7 Å². The molecule has 2 heterocycles.